The Hall–Kier alpha value is -2.82. The van der Waals surface area contributed by atoms with Crippen molar-refractivity contribution in [1.82, 2.24) is 14.8 Å². The van der Waals surface area contributed by atoms with E-state index in [-0.39, 0.29) is 12.1 Å². The first-order valence-corrected chi connectivity index (χ1v) is 7.73. The minimum Gasteiger partial charge on any atom is -0.508 e. The summed E-state index contributed by atoms with van der Waals surface area (Å²) in [5.41, 5.74) is 3.22. The second-order valence-corrected chi connectivity index (χ2v) is 5.95. The number of fused-ring (bicyclic) bond motifs is 1. The Labute approximate surface area is 134 Å². The topological polar surface area (TPSA) is 63.0 Å². The lowest BCUT2D eigenvalue weighted by molar-refractivity contribution is 0.413. The molecule has 2 aromatic carbocycles. The molecule has 5 heteroatoms. The number of phenols is 1. The first-order chi connectivity index (χ1) is 11.2. The third-order valence-electron chi connectivity index (χ3n) is 4.37. The van der Waals surface area contributed by atoms with Crippen LogP contribution in [-0.4, -0.2) is 19.9 Å². The van der Waals surface area contributed by atoms with Gasteiger partial charge in [-0.1, -0.05) is 48.0 Å². The number of phenolic OH excluding ortho intramolecular Hbond substituents is 1. The zero-order valence-corrected chi connectivity index (χ0v) is 12.8. The fourth-order valence-electron chi connectivity index (χ4n) is 3.23. The molecule has 0 saturated heterocycles. The third kappa shape index (κ3) is 2.44. The maximum Gasteiger partial charge on any atom is 0.222 e. The summed E-state index contributed by atoms with van der Waals surface area (Å²) < 4.78 is 1.92. The number of hydrogen-bond acceptors (Lipinski definition) is 4. The quantitative estimate of drug-likeness (QED) is 0.761. The minimum absolute atomic E-state index is 0.00296. The minimum atomic E-state index is -0.00296. The molecule has 0 fully saturated rings. The van der Waals surface area contributed by atoms with Gasteiger partial charge in [0.15, 0.2) is 0 Å². The maximum absolute atomic E-state index is 10.3. The van der Waals surface area contributed by atoms with Crippen LogP contribution in [-0.2, 0) is 0 Å². The molecule has 0 spiro atoms. The highest BCUT2D eigenvalue weighted by atomic mass is 16.3. The Morgan fingerprint density at radius 2 is 2.00 bits per heavy atom. The number of benzene rings is 2. The Kier molecular flexibility index (Phi) is 3.26. The summed E-state index contributed by atoms with van der Waals surface area (Å²) in [4.78, 5) is 4.32. The van der Waals surface area contributed by atoms with Gasteiger partial charge in [-0.15, -0.1) is 0 Å². The first kappa shape index (κ1) is 13.8. The number of aromatic hydroxyl groups is 1. The average molecular weight is 306 g/mol. The number of aromatic nitrogens is 3. The second-order valence-electron chi connectivity index (χ2n) is 5.95. The summed E-state index contributed by atoms with van der Waals surface area (Å²) >= 11 is 0. The molecule has 0 saturated carbocycles. The molecule has 0 bridgehead atoms. The fourth-order valence-corrected chi connectivity index (χ4v) is 3.23. The molecule has 0 unspecified atom stereocenters. The van der Waals surface area contributed by atoms with E-state index in [2.05, 4.69) is 27.5 Å². The summed E-state index contributed by atoms with van der Waals surface area (Å²) in [5, 5.41) is 18.0. The fraction of sp³-hybridized carbons (Fsp3) is 0.222. The van der Waals surface area contributed by atoms with Gasteiger partial charge in [-0.05, 0) is 25.0 Å². The third-order valence-corrected chi connectivity index (χ3v) is 4.37. The van der Waals surface area contributed by atoms with E-state index >= 15 is 0 Å². The van der Waals surface area contributed by atoms with Crippen LogP contribution in [0.15, 0.2) is 54.9 Å². The van der Waals surface area contributed by atoms with Gasteiger partial charge in [-0.3, -0.25) is 0 Å². The van der Waals surface area contributed by atoms with Gasteiger partial charge in [0.05, 0.1) is 12.1 Å². The van der Waals surface area contributed by atoms with Crippen LogP contribution in [0.1, 0.15) is 35.2 Å². The van der Waals surface area contributed by atoms with E-state index in [1.165, 1.54) is 5.56 Å². The molecule has 2 N–H and O–H groups in total. The predicted molar refractivity (Wildman–Crippen MR) is 88.4 cm³/mol. The van der Waals surface area contributed by atoms with Crippen molar-refractivity contribution in [3.8, 4) is 5.75 Å². The molecule has 1 aliphatic rings. The van der Waals surface area contributed by atoms with Crippen LogP contribution in [0.25, 0.3) is 0 Å². The summed E-state index contributed by atoms with van der Waals surface area (Å²) in [5.74, 6) is 1.05. The van der Waals surface area contributed by atoms with Gasteiger partial charge in [0.2, 0.25) is 5.95 Å². The normalized spacial score (nSPS) is 19.9. The van der Waals surface area contributed by atoms with Crippen LogP contribution in [0, 0.1) is 6.92 Å². The van der Waals surface area contributed by atoms with Crippen molar-refractivity contribution >= 4 is 5.95 Å². The molecule has 3 aromatic rings. The SMILES string of the molecule is Cc1ccc(O)c([C@@H]2C[C@@H](c3ccccc3)n3ncnc3N2)c1. The van der Waals surface area contributed by atoms with Crippen LogP contribution in [0.3, 0.4) is 0 Å². The number of hydrogen-bond donors (Lipinski definition) is 2. The molecule has 1 aliphatic heterocycles. The Morgan fingerprint density at radius 1 is 1.17 bits per heavy atom. The molecule has 0 radical (unpaired) electrons. The number of nitrogens with zero attached hydrogens (tertiary/aromatic N) is 3. The van der Waals surface area contributed by atoms with Crippen LogP contribution < -0.4 is 5.32 Å². The van der Waals surface area contributed by atoms with E-state index in [1.807, 2.05) is 41.9 Å². The Morgan fingerprint density at radius 3 is 2.83 bits per heavy atom. The van der Waals surface area contributed by atoms with Crippen molar-refractivity contribution in [2.45, 2.75) is 25.4 Å². The smallest absolute Gasteiger partial charge is 0.222 e. The van der Waals surface area contributed by atoms with Crippen LogP contribution >= 0.6 is 0 Å². The van der Waals surface area contributed by atoms with E-state index < -0.39 is 0 Å². The van der Waals surface area contributed by atoms with Gasteiger partial charge >= 0.3 is 0 Å². The Balaban J connectivity index is 1.77. The molecule has 2 heterocycles. The van der Waals surface area contributed by atoms with E-state index in [0.29, 0.717) is 5.75 Å². The largest absolute Gasteiger partial charge is 0.508 e. The number of nitrogens with one attached hydrogen (secondary N) is 1. The number of aryl methyl sites for hydroxylation is 1. The standard InChI is InChI=1S/C18H18N4O/c1-12-7-8-17(23)14(9-12)15-10-16(13-5-3-2-4-6-13)22-18(21-15)19-11-20-22/h2-9,11,15-16,23H,10H2,1H3,(H,19,20,21)/t15-,16-/m0/s1. The monoisotopic (exact) mass is 306 g/mol. The molecular formula is C18H18N4O. The molecule has 1 aromatic heterocycles. The molecule has 4 rings (SSSR count). The first-order valence-electron chi connectivity index (χ1n) is 7.73. The van der Waals surface area contributed by atoms with Crippen molar-refractivity contribution in [1.29, 1.82) is 0 Å². The van der Waals surface area contributed by atoms with Crippen LogP contribution in [0.4, 0.5) is 5.95 Å². The lowest BCUT2D eigenvalue weighted by Crippen LogP contribution is -2.28. The summed E-state index contributed by atoms with van der Waals surface area (Å²) in [6.45, 7) is 2.03. The van der Waals surface area contributed by atoms with Gasteiger partial charge in [0, 0.05) is 5.56 Å². The van der Waals surface area contributed by atoms with E-state index in [1.54, 1.807) is 12.4 Å². The molecule has 5 nitrogen and oxygen atoms in total. The molecule has 0 amide bonds. The average Bonchev–Trinajstić information content (AvgIpc) is 3.05. The lowest BCUT2D eigenvalue weighted by atomic mass is 9.92. The number of rotatable bonds is 2. The van der Waals surface area contributed by atoms with Crippen molar-refractivity contribution in [2.24, 2.45) is 0 Å². The number of anilines is 1. The molecule has 0 aliphatic carbocycles. The highest BCUT2D eigenvalue weighted by Gasteiger charge is 2.30. The van der Waals surface area contributed by atoms with Gasteiger partial charge in [-0.25, -0.2) is 4.68 Å². The molecular weight excluding hydrogens is 288 g/mol. The maximum atomic E-state index is 10.3. The van der Waals surface area contributed by atoms with Crippen molar-refractivity contribution < 1.29 is 5.11 Å². The van der Waals surface area contributed by atoms with Crippen LogP contribution in [0.5, 0.6) is 5.75 Å². The zero-order valence-electron chi connectivity index (χ0n) is 12.8. The van der Waals surface area contributed by atoms with E-state index in [4.69, 9.17) is 0 Å². The van der Waals surface area contributed by atoms with Gasteiger partial charge in [0.1, 0.15) is 12.1 Å². The highest BCUT2D eigenvalue weighted by molar-refractivity contribution is 5.44. The van der Waals surface area contributed by atoms with Gasteiger partial charge in [-0.2, -0.15) is 10.1 Å². The van der Waals surface area contributed by atoms with Crippen molar-refractivity contribution in [3.63, 3.8) is 0 Å². The Bertz CT molecular complexity index is 828. The summed E-state index contributed by atoms with van der Waals surface area (Å²) in [6, 6.07) is 16.1. The van der Waals surface area contributed by atoms with E-state index in [9.17, 15) is 5.11 Å². The predicted octanol–water partition coefficient (Wildman–Crippen LogP) is 3.44. The highest BCUT2D eigenvalue weighted by Crippen LogP contribution is 2.39. The zero-order chi connectivity index (χ0) is 15.8. The van der Waals surface area contributed by atoms with E-state index in [0.717, 1.165) is 23.5 Å². The van der Waals surface area contributed by atoms with Crippen molar-refractivity contribution in [3.05, 3.63) is 71.5 Å². The molecule has 23 heavy (non-hydrogen) atoms. The molecule has 2 atom stereocenters. The molecule has 116 valence electrons. The second kappa shape index (κ2) is 5.43. The lowest BCUT2D eigenvalue weighted by Gasteiger charge is -2.32. The summed E-state index contributed by atoms with van der Waals surface area (Å²) in [6.07, 6.45) is 2.37. The van der Waals surface area contributed by atoms with Gasteiger partial charge in [0.25, 0.3) is 0 Å². The van der Waals surface area contributed by atoms with Crippen molar-refractivity contribution in [2.75, 3.05) is 5.32 Å². The van der Waals surface area contributed by atoms with Crippen LogP contribution in [0.2, 0.25) is 0 Å². The summed E-state index contributed by atoms with van der Waals surface area (Å²) in [7, 11) is 0. The van der Waals surface area contributed by atoms with Gasteiger partial charge < -0.3 is 10.4 Å².